The Hall–Kier alpha value is -0.820. The van der Waals surface area contributed by atoms with Gasteiger partial charge in [0.2, 0.25) is 0 Å². The predicted molar refractivity (Wildman–Crippen MR) is 77.0 cm³/mol. The number of nitrogens with one attached hydrogen (secondary N) is 1. The van der Waals surface area contributed by atoms with Crippen LogP contribution in [0.2, 0.25) is 5.02 Å². The Bertz CT molecular complexity index is 494. The Morgan fingerprint density at radius 1 is 1.47 bits per heavy atom. The van der Waals surface area contributed by atoms with Crippen LogP contribution in [-0.2, 0) is 9.84 Å². The molecular formula is C12H19ClN2O3S. The Kier molecular flexibility index (Phi) is 6.57. The van der Waals surface area contributed by atoms with Crippen LogP contribution < -0.4 is 16.0 Å². The highest BCUT2D eigenvalue weighted by Gasteiger charge is 2.10. The standard InChI is InChI=1S/C12H19ClN2O3S/c1-19(16,17)7-3-5-11(15-14)9-18-12-6-2-4-10(13)8-12/h2,4,6,8,11,15H,3,5,7,9,14H2,1H3. The van der Waals surface area contributed by atoms with Gasteiger partial charge in [0.1, 0.15) is 22.2 Å². The molecule has 0 bridgehead atoms. The van der Waals surface area contributed by atoms with Gasteiger partial charge in [0.25, 0.3) is 0 Å². The van der Waals surface area contributed by atoms with Gasteiger partial charge in [-0.25, -0.2) is 8.42 Å². The van der Waals surface area contributed by atoms with Crippen LogP contribution >= 0.6 is 11.6 Å². The molecule has 0 aliphatic rings. The number of benzene rings is 1. The molecule has 0 fully saturated rings. The lowest BCUT2D eigenvalue weighted by atomic mass is 10.2. The fourth-order valence-corrected chi connectivity index (χ4v) is 2.43. The first-order chi connectivity index (χ1) is 8.90. The molecule has 0 aromatic heterocycles. The maximum Gasteiger partial charge on any atom is 0.147 e. The molecule has 7 heteroatoms. The van der Waals surface area contributed by atoms with Crippen molar-refractivity contribution in [2.45, 2.75) is 18.9 Å². The van der Waals surface area contributed by atoms with Crippen LogP contribution in [0.3, 0.4) is 0 Å². The van der Waals surface area contributed by atoms with Gasteiger partial charge in [-0.2, -0.15) is 0 Å². The molecule has 0 spiro atoms. The topological polar surface area (TPSA) is 81.4 Å². The highest BCUT2D eigenvalue weighted by Crippen LogP contribution is 2.17. The van der Waals surface area contributed by atoms with Crippen LogP contribution in [0.25, 0.3) is 0 Å². The molecule has 0 saturated carbocycles. The summed E-state index contributed by atoms with van der Waals surface area (Å²) >= 11 is 5.84. The predicted octanol–water partition coefficient (Wildman–Crippen LogP) is 1.38. The average molecular weight is 307 g/mol. The third-order valence-corrected chi connectivity index (χ3v) is 3.82. The number of rotatable bonds is 8. The van der Waals surface area contributed by atoms with E-state index in [2.05, 4.69) is 5.43 Å². The minimum atomic E-state index is -2.93. The van der Waals surface area contributed by atoms with Crippen molar-refractivity contribution in [2.75, 3.05) is 18.6 Å². The minimum absolute atomic E-state index is 0.0965. The summed E-state index contributed by atoms with van der Waals surface area (Å²) in [7, 11) is -2.93. The van der Waals surface area contributed by atoms with E-state index in [1.54, 1.807) is 24.3 Å². The van der Waals surface area contributed by atoms with Crippen molar-refractivity contribution in [3.8, 4) is 5.75 Å². The van der Waals surface area contributed by atoms with Crippen LogP contribution in [0.15, 0.2) is 24.3 Å². The van der Waals surface area contributed by atoms with Gasteiger partial charge < -0.3 is 4.74 Å². The Morgan fingerprint density at radius 2 is 2.21 bits per heavy atom. The molecule has 1 atom stereocenters. The fourth-order valence-electron chi connectivity index (χ4n) is 1.56. The summed E-state index contributed by atoms with van der Waals surface area (Å²) in [6.07, 6.45) is 2.40. The van der Waals surface area contributed by atoms with Gasteiger partial charge in [-0.05, 0) is 31.0 Å². The normalized spacial score (nSPS) is 13.2. The number of ether oxygens (including phenoxy) is 1. The van der Waals surface area contributed by atoms with Gasteiger partial charge >= 0.3 is 0 Å². The Labute approximate surface area is 119 Å². The molecule has 108 valence electrons. The maximum absolute atomic E-state index is 11.0. The van der Waals surface area contributed by atoms with E-state index in [4.69, 9.17) is 22.2 Å². The molecule has 0 saturated heterocycles. The number of sulfone groups is 1. The van der Waals surface area contributed by atoms with E-state index in [1.807, 2.05) is 0 Å². The van der Waals surface area contributed by atoms with Crippen molar-refractivity contribution >= 4 is 21.4 Å². The fraction of sp³-hybridized carbons (Fsp3) is 0.500. The first-order valence-electron chi connectivity index (χ1n) is 5.93. The smallest absolute Gasteiger partial charge is 0.147 e. The highest BCUT2D eigenvalue weighted by atomic mass is 35.5. The molecule has 5 nitrogen and oxygen atoms in total. The van der Waals surface area contributed by atoms with Crippen molar-refractivity contribution in [3.05, 3.63) is 29.3 Å². The van der Waals surface area contributed by atoms with Gasteiger partial charge in [-0.1, -0.05) is 17.7 Å². The molecule has 0 aliphatic carbocycles. The lowest BCUT2D eigenvalue weighted by Crippen LogP contribution is -2.39. The molecule has 1 aromatic carbocycles. The molecule has 0 amide bonds. The summed E-state index contributed by atoms with van der Waals surface area (Å²) in [6, 6.07) is 6.98. The number of hydrogen-bond donors (Lipinski definition) is 2. The van der Waals surface area contributed by atoms with Gasteiger partial charge in [0.05, 0.1) is 6.04 Å². The SMILES string of the molecule is CS(=O)(=O)CCCC(COc1cccc(Cl)c1)NN. The van der Waals surface area contributed by atoms with Crippen molar-refractivity contribution < 1.29 is 13.2 Å². The molecule has 0 aliphatic heterocycles. The zero-order valence-electron chi connectivity index (χ0n) is 10.8. The second-order valence-corrected chi connectivity index (χ2v) is 7.10. The summed E-state index contributed by atoms with van der Waals surface area (Å²) in [4.78, 5) is 0. The molecule has 1 rings (SSSR count). The molecule has 1 aromatic rings. The summed E-state index contributed by atoms with van der Waals surface area (Å²) in [5.41, 5.74) is 2.62. The minimum Gasteiger partial charge on any atom is -0.492 e. The Balaban J connectivity index is 2.36. The second kappa shape index (κ2) is 7.69. The zero-order valence-corrected chi connectivity index (χ0v) is 12.4. The number of hydrazine groups is 1. The third kappa shape index (κ3) is 7.37. The maximum atomic E-state index is 11.0. The second-order valence-electron chi connectivity index (χ2n) is 4.40. The van der Waals surface area contributed by atoms with Crippen LogP contribution in [0.1, 0.15) is 12.8 Å². The summed E-state index contributed by atoms with van der Waals surface area (Å²) in [6.45, 7) is 0.362. The largest absolute Gasteiger partial charge is 0.492 e. The summed E-state index contributed by atoms with van der Waals surface area (Å²) in [5.74, 6) is 6.23. The van der Waals surface area contributed by atoms with Gasteiger partial charge in [-0.3, -0.25) is 11.3 Å². The lowest BCUT2D eigenvalue weighted by Gasteiger charge is -2.16. The molecule has 19 heavy (non-hydrogen) atoms. The van der Waals surface area contributed by atoms with Gasteiger partial charge in [0.15, 0.2) is 0 Å². The summed E-state index contributed by atoms with van der Waals surface area (Å²) < 4.78 is 27.6. The van der Waals surface area contributed by atoms with E-state index in [0.717, 1.165) is 0 Å². The van der Waals surface area contributed by atoms with Crippen molar-refractivity contribution in [1.82, 2.24) is 5.43 Å². The van der Waals surface area contributed by atoms with Crippen LogP contribution in [-0.4, -0.2) is 33.1 Å². The lowest BCUT2D eigenvalue weighted by molar-refractivity contribution is 0.257. The third-order valence-electron chi connectivity index (χ3n) is 2.55. The highest BCUT2D eigenvalue weighted by molar-refractivity contribution is 7.90. The van der Waals surface area contributed by atoms with Gasteiger partial charge in [-0.15, -0.1) is 0 Å². The molecule has 0 radical (unpaired) electrons. The monoisotopic (exact) mass is 306 g/mol. The van der Waals surface area contributed by atoms with E-state index >= 15 is 0 Å². The number of hydrogen-bond acceptors (Lipinski definition) is 5. The molecule has 3 N–H and O–H groups in total. The molecule has 0 heterocycles. The van der Waals surface area contributed by atoms with Crippen molar-refractivity contribution in [2.24, 2.45) is 5.84 Å². The van der Waals surface area contributed by atoms with E-state index in [1.165, 1.54) is 6.26 Å². The van der Waals surface area contributed by atoms with Crippen LogP contribution in [0.5, 0.6) is 5.75 Å². The van der Waals surface area contributed by atoms with Crippen LogP contribution in [0.4, 0.5) is 0 Å². The van der Waals surface area contributed by atoms with Crippen molar-refractivity contribution in [1.29, 1.82) is 0 Å². The zero-order chi connectivity index (χ0) is 14.3. The number of nitrogens with two attached hydrogens (primary N) is 1. The van der Waals surface area contributed by atoms with Crippen LogP contribution in [0, 0.1) is 0 Å². The van der Waals surface area contributed by atoms with Gasteiger partial charge in [0, 0.05) is 17.0 Å². The molecular weight excluding hydrogens is 288 g/mol. The van der Waals surface area contributed by atoms with Crippen molar-refractivity contribution in [3.63, 3.8) is 0 Å². The quantitative estimate of drug-likeness (QED) is 0.560. The van der Waals surface area contributed by atoms with E-state index in [9.17, 15) is 8.42 Å². The van der Waals surface area contributed by atoms with E-state index in [-0.39, 0.29) is 11.8 Å². The molecule has 1 unspecified atom stereocenters. The Morgan fingerprint density at radius 3 is 2.79 bits per heavy atom. The summed E-state index contributed by atoms with van der Waals surface area (Å²) in [5, 5.41) is 0.604. The first-order valence-corrected chi connectivity index (χ1v) is 8.37. The first kappa shape index (κ1) is 16.2. The average Bonchev–Trinajstić information content (AvgIpc) is 2.32. The van der Waals surface area contributed by atoms with E-state index < -0.39 is 9.84 Å². The number of halogens is 1. The van der Waals surface area contributed by atoms with E-state index in [0.29, 0.717) is 30.2 Å².